The van der Waals surface area contributed by atoms with E-state index >= 15 is 0 Å². The van der Waals surface area contributed by atoms with Crippen molar-refractivity contribution in [2.75, 3.05) is 18.5 Å². The second-order valence-electron chi connectivity index (χ2n) is 9.76. The number of hydrogen-bond donors (Lipinski definition) is 3. The quantitative estimate of drug-likeness (QED) is 0.417. The van der Waals surface area contributed by atoms with Gasteiger partial charge in [-0.3, -0.25) is 4.79 Å². The highest BCUT2D eigenvalue weighted by atomic mass is 19.1. The molecule has 1 aliphatic carbocycles. The Morgan fingerprint density at radius 1 is 1.08 bits per heavy atom. The predicted octanol–water partition coefficient (Wildman–Crippen LogP) is 4.16. The largest absolute Gasteiger partial charge is 0.475 e. The van der Waals surface area contributed by atoms with Crippen molar-refractivity contribution in [2.24, 2.45) is 5.73 Å². The van der Waals surface area contributed by atoms with Crippen molar-refractivity contribution < 1.29 is 28.2 Å². The van der Waals surface area contributed by atoms with Crippen molar-refractivity contribution in [3.05, 3.63) is 53.3 Å². The lowest BCUT2D eigenvalue weighted by atomic mass is 9.91. The number of primary amides is 1. The number of anilines is 1. The molecule has 1 saturated carbocycles. The van der Waals surface area contributed by atoms with Gasteiger partial charge >= 0.3 is 6.09 Å². The van der Waals surface area contributed by atoms with Gasteiger partial charge in [0.15, 0.2) is 11.6 Å². The Morgan fingerprint density at radius 3 is 2.39 bits per heavy atom. The summed E-state index contributed by atoms with van der Waals surface area (Å²) >= 11 is 0. The van der Waals surface area contributed by atoms with E-state index in [1.807, 2.05) is 51.1 Å². The summed E-state index contributed by atoms with van der Waals surface area (Å²) in [5, 5.41) is 5.98. The van der Waals surface area contributed by atoms with Crippen LogP contribution in [-0.2, 0) is 16.1 Å². The lowest BCUT2D eigenvalue weighted by molar-refractivity contribution is 0.0492. The van der Waals surface area contributed by atoms with E-state index in [-0.39, 0.29) is 42.6 Å². The molecule has 0 radical (unpaired) electrons. The maximum atomic E-state index is 14.7. The lowest BCUT2D eigenvalue weighted by Crippen LogP contribution is -2.42. The molecule has 1 aliphatic rings. The van der Waals surface area contributed by atoms with Crippen molar-refractivity contribution in [1.82, 2.24) is 10.3 Å². The fraction of sp³-hybridized carbons (Fsp3) is 0.500. The van der Waals surface area contributed by atoms with E-state index in [1.165, 1.54) is 0 Å². The van der Waals surface area contributed by atoms with Crippen LogP contribution in [0.15, 0.2) is 36.4 Å². The number of amides is 2. The number of halogens is 1. The molecular formula is C26H35FN4O5. The second kappa shape index (κ2) is 12.5. The van der Waals surface area contributed by atoms with Crippen molar-refractivity contribution in [2.45, 2.75) is 70.7 Å². The number of benzene rings is 1. The molecule has 2 amide bonds. The maximum Gasteiger partial charge on any atom is 0.407 e. The van der Waals surface area contributed by atoms with Gasteiger partial charge < -0.3 is 30.6 Å². The number of nitrogens with one attached hydrogen (secondary N) is 2. The zero-order valence-electron chi connectivity index (χ0n) is 21.0. The van der Waals surface area contributed by atoms with E-state index in [0.29, 0.717) is 32.3 Å². The fourth-order valence-corrected chi connectivity index (χ4v) is 3.87. The molecule has 0 spiro atoms. The molecule has 1 aromatic carbocycles. The molecule has 0 atom stereocenters. The van der Waals surface area contributed by atoms with Gasteiger partial charge in [-0.1, -0.05) is 30.3 Å². The zero-order valence-corrected chi connectivity index (χ0v) is 21.0. The maximum absolute atomic E-state index is 14.7. The van der Waals surface area contributed by atoms with Gasteiger partial charge in [0.2, 0.25) is 5.88 Å². The van der Waals surface area contributed by atoms with E-state index in [1.54, 1.807) is 0 Å². The summed E-state index contributed by atoms with van der Waals surface area (Å²) < 4.78 is 31.2. The molecule has 1 heterocycles. The molecule has 0 bridgehead atoms. The van der Waals surface area contributed by atoms with Crippen LogP contribution in [0.1, 0.15) is 62.4 Å². The number of nitrogens with two attached hydrogens (primary N) is 1. The highest BCUT2D eigenvalue weighted by Crippen LogP contribution is 2.26. The molecule has 0 aliphatic heterocycles. The van der Waals surface area contributed by atoms with Crippen molar-refractivity contribution in [3.8, 4) is 5.88 Å². The van der Waals surface area contributed by atoms with Gasteiger partial charge in [-0.05, 0) is 58.1 Å². The highest BCUT2D eigenvalue weighted by molar-refractivity contribution is 5.95. The Kier molecular flexibility index (Phi) is 9.46. The average Bonchev–Trinajstić information content (AvgIpc) is 2.81. The minimum absolute atomic E-state index is 0.0104. The van der Waals surface area contributed by atoms with Crippen molar-refractivity contribution in [1.29, 1.82) is 0 Å². The Labute approximate surface area is 210 Å². The van der Waals surface area contributed by atoms with Gasteiger partial charge in [0.1, 0.15) is 17.8 Å². The SMILES string of the molecule is CC(C)(C)OC(=O)NC1CCC(Nc2nc(OCCOCc3ccccc3)c(C(N)=O)cc2F)CC1. The Morgan fingerprint density at radius 2 is 1.75 bits per heavy atom. The number of alkyl carbamates (subject to hydrolysis) is 1. The second-order valence-corrected chi connectivity index (χ2v) is 9.76. The van der Waals surface area contributed by atoms with Crippen LogP contribution in [0, 0.1) is 5.82 Å². The molecule has 0 unspecified atom stereocenters. The van der Waals surface area contributed by atoms with E-state index in [0.717, 1.165) is 11.6 Å². The van der Waals surface area contributed by atoms with Crippen molar-refractivity contribution >= 4 is 17.8 Å². The monoisotopic (exact) mass is 502 g/mol. The summed E-state index contributed by atoms with van der Waals surface area (Å²) in [6, 6.07) is 10.7. The molecule has 9 nitrogen and oxygen atoms in total. The third-order valence-corrected chi connectivity index (χ3v) is 5.57. The first-order chi connectivity index (χ1) is 17.1. The number of nitrogens with zero attached hydrogens (tertiary/aromatic N) is 1. The summed E-state index contributed by atoms with van der Waals surface area (Å²) in [4.78, 5) is 28.0. The molecule has 36 heavy (non-hydrogen) atoms. The summed E-state index contributed by atoms with van der Waals surface area (Å²) in [6.07, 6.45) is 2.37. The van der Waals surface area contributed by atoms with Gasteiger partial charge in [-0.15, -0.1) is 0 Å². The Hall–Kier alpha value is -3.40. The number of carbonyl (C=O) groups excluding carboxylic acids is 2. The molecule has 1 fully saturated rings. The minimum atomic E-state index is -0.832. The van der Waals surface area contributed by atoms with E-state index in [9.17, 15) is 14.0 Å². The lowest BCUT2D eigenvalue weighted by Gasteiger charge is -2.31. The average molecular weight is 503 g/mol. The molecule has 196 valence electrons. The first-order valence-electron chi connectivity index (χ1n) is 12.1. The van der Waals surface area contributed by atoms with Crippen LogP contribution in [-0.4, -0.2) is 47.9 Å². The van der Waals surface area contributed by atoms with Gasteiger partial charge in [-0.2, -0.15) is 4.98 Å². The fourth-order valence-electron chi connectivity index (χ4n) is 3.87. The first kappa shape index (κ1) is 27.2. The number of pyridine rings is 1. The zero-order chi connectivity index (χ0) is 26.1. The Bertz CT molecular complexity index is 1020. The van der Waals surface area contributed by atoms with Crippen LogP contribution in [0.2, 0.25) is 0 Å². The molecule has 2 aromatic rings. The van der Waals surface area contributed by atoms with E-state index in [2.05, 4.69) is 15.6 Å². The number of hydrogen-bond acceptors (Lipinski definition) is 7. The summed E-state index contributed by atoms with van der Waals surface area (Å²) in [6.45, 7) is 6.23. The molecular weight excluding hydrogens is 467 g/mol. The topological polar surface area (TPSA) is 125 Å². The Balaban J connectivity index is 1.52. The van der Waals surface area contributed by atoms with Crippen LogP contribution >= 0.6 is 0 Å². The van der Waals surface area contributed by atoms with E-state index < -0.39 is 23.4 Å². The summed E-state index contributed by atoms with van der Waals surface area (Å²) in [5.74, 6) is -1.58. The predicted molar refractivity (Wildman–Crippen MR) is 133 cm³/mol. The highest BCUT2D eigenvalue weighted by Gasteiger charge is 2.26. The van der Waals surface area contributed by atoms with Gasteiger partial charge in [0.05, 0.1) is 13.2 Å². The number of rotatable bonds is 10. The number of ether oxygens (including phenoxy) is 3. The standard InChI is InChI=1S/C26H35FN4O5/c1-26(2,3)36-25(33)30-19-11-9-18(10-12-19)29-23-21(27)15-20(22(28)32)24(31-23)35-14-13-34-16-17-7-5-4-6-8-17/h4-8,15,18-19H,9-14,16H2,1-3H3,(H2,28,32)(H,29,31)(H,30,33). The van der Waals surface area contributed by atoms with Crippen LogP contribution in [0.5, 0.6) is 5.88 Å². The summed E-state index contributed by atoms with van der Waals surface area (Å²) in [5.41, 5.74) is 5.73. The number of carbonyl (C=O) groups is 2. The van der Waals surface area contributed by atoms with Crippen LogP contribution in [0.25, 0.3) is 0 Å². The minimum Gasteiger partial charge on any atom is -0.475 e. The van der Waals surface area contributed by atoms with Crippen LogP contribution in [0.3, 0.4) is 0 Å². The third-order valence-electron chi connectivity index (χ3n) is 5.57. The van der Waals surface area contributed by atoms with Gasteiger partial charge in [0, 0.05) is 12.1 Å². The first-order valence-corrected chi connectivity index (χ1v) is 12.1. The van der Waals surface area contributed by atoms with E-state index in [4.69, 9.17) is 19.9 Å². The molecule has 3 rings (SSSR count). The van der Waals surface area contributed by atoms with Crippen molar-refractivity contribution in [3.63, 3.8) is 0 Å². The molecule has 0 saturated heterocycles. The third kappa shape index (κ3) is 8.67. The van der Waals surface area contributed by atoms with Gasteiger partial charge in [-0.25, -0.2) is 9.18 Å². The van der Waals surface area contributed by atoms with Gasteiger partial charge in [0.25, 0.3) is 5.91 Å². The normalized spacial score (nSPS) is 17.8. The van der Waals surface area contributed by atoms with Crippen LogP contribution in [0.4, 0.5) is 15.0 Å². The molecule has 1 aromatic heterocycles. The van der Waals surface area contributed by atoms with Crippen LogP contribution < -0.4 is 21.1 Å². The summed E-state index contributed by atoms with van der Waals surface area (Å²) in [7, 11) is 0. The molecule has 4 N–H and O–H groups in total. The smallest absolute Gasteiger partial charge is 0.407 e. The molecule has 10 heteroatoms. The number of aromatic nitrogens is 1.